The average Bonchev–Trinajstić information content (AvgIpc) is 3.32. The predicted octanol–water partition coefficient (Wildman–Crippen LogP) is 3.44. The number of para-hydroxylation sites is 2. The fraction of sp³-hybridized carbons (Fsp3) is 0.375. The summed E-state index contributed by atoms with van der Waals surface area (Å²) in [6.45, 7) is 3.25. The second-order valence-corrected chi connectivity index (χ2v) is 7.93. The van der Waals surface area contributed by atoms with Gasteiger partial charge in [-0.1, -0.05) is 12.1 Å². The lowest BCUT2D eigenvalue weighted by molar-refractivity contribution is 0.0591. The molecule has 7 heteroatoms. The monoisotopic (exact) mass is 420 g/mol. The molecule has 1 aliphatic heterocycles. The van der Waals surface area contributed by atoms with Crippen molar-refractivity contribution >= 4 is 5.91 Å². The van der Waals surface area contributed by atoms with Crippen LogP contribution in [0.4, 0.5) is 0 Å². The van der Waals surface area contributed by atoms with Gasteiger partial charge in [0, 0.05) is 37.7 Å². The number of hydrogen-bond donors (Lipinski definition) is 0. The van der Waals surface area contributed by atoms with E-state index < -0.39 is 0 Å². The fourth-order valence-corrected chi connectivity index (χ4v) is 4.33. The molecule has 1 fully saturated rings. The predicted molar refractivity (Wildman–Crippen MR) is 119 cm³/mol. The van der Waals surface area contributed by atoms with Crippen LogP contribution in [0, 0.1) is 6.92 Å². The summed E-state index contributed by atoms with van der Waals surface area (Å²) in [5, 5.41) is 4.27. The Morgan fingerprint density at radius 1 is 1.16 bits per heavy atom. The Morgan fingerprint density at radius 2 is 2.00 bits per heavy atom. The summed E-state index contributed by atoms with van der Waals surface area (Å²) >= 11 is 0. The molecule has 1 unspecified atom stereocenters. The van der Waals surface area contributed by atoms with Crippen LogP contribution < -0.4 is 10.3 Å². The Balaban J connectivity index is 1.66. The summed E-state index contributed by atoms with van der Waals surface area (Å²) in [6, 6.07) is 11.1. The summed E-state index contributed by atoms with van der Waals surface area (Å²) in [5.74, 6) is 0.402. The number of carbonyl (C=O) groups is 1. The molecule has 0 bridgehead atoms. The van der Waals surface area contributed by atoms with Crippen molar-refractivity contribution in [2.45, 2.75) is 45.2 Å². The van der Waals surface area contributed by atoms with Crippen LogP contribution >= 0.6 is 0 Å². The van der Waals surface area contributed by atoms with Crippen LogP contribution in [-0.4, -0.2) is 44.9 Å². The van der Waals surface area contributed by atoms with Crippen LogP contribution in [0.25, 0.3) is 5.69 Å². The molecule has 1 atom stereocenters. The van der Waals surface area contributed by atoms with E-state index in [0.29, 0.717) is 23.5 Å². The fourth-order valence-electron chi connectivity index (χ4n) is 4.33. The number of aryl methyl sites for hydroxylation is 2. The molecule has 0 saturated carbocycles. The molecule has 0 N–H and O–H groups in total. The van der Waals surface area contributed by atoms with E-state index in [9.17, 15) is 9.59 Å². The number of carbonyl (C=O) groups excluding carboxylic acids is 1. The van der Waals surface area contributed by atoms with Gasteiger partial charge in [0.05, 0.1) is 12.8 Å². The number of likely N-dealkylation sites (tertiary alicyclic amines) is 1. The Kier molecular flexibility index (Phi) is 6.21. The molecule has 1 aliphatic rings. The Labute approximate surface area is 181 Å². The zero-order chi connectivity index (χ0) is 21.8. The van der Waals surface area contributed by atoms with Crippen molar-refractivity contribution in [3.63, 3.8) is 0 Å². The van der Waals surface area contributed by atoms with Gasteiger partial charge in [0.1, 0.15) is 11.3 Å². The van der Waals surface area contributed by atoms with Crippen LogP contribution in [0.15, 0.2) is 59.8 Å². The molecule has 0 radical (unpaired) electrons. The molecule has 0 spiro atoms. The van der Waals surface area contributed by atoms with Crippen molar-refractivity contribution in [1.82, 2.24) is 19.2 Å². The van der Waals surface area contributed by atoms with Gasteiger partial charge in [-0.15, -0.1) is 0 Å². The maximum atomic E-state index is 13.6. The van der Waals surface area contributed by atoms with Crippen molar-refractivity contribution in [2.24, 2.45) is 0 Å². The summed E-state index contributed by atoms with van der Waals surface area (Å²) in [5.41, 5.74) is 1.24. The third-order valence-electron chi connectivity index (χ3n) is 6.00. The summed E-state index contributed by atoms with van der Waals surface area (Å²) in [7, 11) is 1.57. The van der Waals surface area contributed by atoms with E-state index in [0.717, 1.165) is 32.2 Å². The van der Waals surface area contributed by atoms with Gasteiger partial charge in [-0.2, -0.15) is 5.10 Å². The molecule has 3 heterocycles. The number of amides is 1. The first kappa shape index (κ1) is 20.9. The molecule has 4 rings (SSSR count). The van der Waals surface area contributed by atoms with E-state index in [4.69, 9.17) is 4.74 Å². The largest absolute Gasteiger partial charge is 0.495 e. The highest BCUT2D eigenvalue weighted by Crippen LogP contribution is 2.24. The summed E-state index contributed by atoms with van der Waals surface area (Å²) < 4.78 is 8.81. The third kappa shape index (κ3) is 4.26. The van der Waals surface area contributed by atoms with Gasteiger partial charge >= 0.3 is 0 Å². The Morgan fingerprint density at radius 3 is 2.77 bits per heavy atom. The SMILES string of the molecule is COc1ccccc1-n1ccc(C)c(C(=O)N2CCCCC2CCn2cccn2)c1=O. The number of methoxy groups -OCH3 is 1. The highest BCUT2D eigenvalue weighted by molar-refractivity contribution is 5.95. The molecule has 7 nitrogen and oxygen atoms in total. The van der Waals surface area contributed by atoms with Gasteiger partial charge in [-0.25, -0.2) is 0 Å². The van der Waals surface area contributed by atoms with E-state index in [-0.39, 0.29) is 23.1 Å². The standard InChI is InChI=1S/C24H28N4O3/c1-18-11-17-28(20-9-3-4-10-21(20)31-2)24(30)22(18)23(29)27-15-6-5-8-19(27)12-16-26-14-7-13-25-26/h3-4,7,9-11,13-14,17,19H,5-6,8,12,15-16H2,1-2H3. The first-order valence-electron chi connectivity index (χ1n) is 10.7. The van der Waals surface area contributed by atoms with Crippen molar-refractivity contribution < 1.29 is 9.53 Å². The van der Waals surface area contributed by atoms with E-state index in [2.05, 4.69) is 5.10 Å². The quantitative estimate of drug-likeness (QED) is 0.613. The number of aromatic nitrogens is 3. The number of rotatable bonds is 6. The molecule has 0 aliphatic carbocycles. The number of ether oxygens (including phenoxy) is 1. The van der Waals surface area contributed by atoms with Crippen molar-refractivity contribution in [3.05, 3.63) is 76.5 Å². The number of pyridine rings is 1. The first-order valence-corrected chi connectivity index (χ1v) is 10.7. The van der Waals surface area contributed by atoms with Gasteiger partial charge in [0.25, 0.3) is 11.5 Å². The molecular formula is C24H28N4O3. The van der Waals surface area contributed by atoms with E-state index in [1.165, 1.54) is 4.57 Å². The lowest BCUT2D eigenvalue weighted by Gasteiger charge is -2.36. The van der Waals surface area contributed by atoms with Crippen LogP contribution in [-0.2, 0) is 6.54 Å². The number of benzene rings is 1. The normalized spacial score (nSPS) is 16.3. The lowest BCUT2D eigenvalue weighted by Crippen LogP contribution is -2.46. The van der Waals surface area contributed by atoms with Crippen LogP contribution in [0.2, 0.25) is 0 Å². The summed E-state index contributed by atoms with van der Waals surface area (Å²) in [4.78, 5) is 28.9. The van der Waals surface area contributed by atoms with Crippen molar-refractivity contribution in [2.75, 3.05) is 13.7 Å². The van der Waals surface area contributed by atoms with Gasteiger partial charge in [0.15, 0.2) is 0 Å². The molecule has 31 heavy (non-hydrogen) atoms. The minimum atomic E-state index is -0.314. The zero-order valence-corrected chi connectivity index (χ0v) is 18.0. The molecule has 3 aromatic rings. The Bertz CT molecular complexity index is 1100. The van der Waals surface area contributed by atoms with E-state index in [1.807, 2.05) is 53.0 Å². The van der Waals surface area contributed by atoms with Crippen LogP contribution in [0.5, 0.6) is 5.75 Å². The van der Waals surface area contributed by atoms with Crippen LogP contribution in [0.3, 0.4) is 0 Å². The molecule has 1 amide bonds. The second kappa shape index (κ2) is 9.20. The molecular weight excluding hydrogens is 392 g/mol. The minimum Gasteiger partial charge on any atom is -0.495 e. The van der Waals surface area contributed by atoms with Gasteiger partial charge in [-0.05, 0) is 62.4 Å². The highest BCUT2D eigenvalue weighted by Gasteiger charge is 2.30. The number of hydrogen-bond acceptors (Lipinski definition) is 4. The Hall–Kier alpha value is -3.35. The van der Waals surface area contributed by atoms with Crippen molar-refractivity contribution in [1.29, 1.82) is 0 Å². The number of nitrogens with zero attached hydrogens (tertiary/aromatic N) is 4. The van der Waals surface area contributed by atoms with Crippen molar-refractivity contribution in [3.8, 4) is 11.4 Å². The van der Waals surface area contributed by atoms with E-state index in [1.54, 1.807) is 25.6 Å². The molecule has 1 saturated heterocycles. The lowest BCUT2D eigenvalue weighted by atomic mass is 9.97. The number of piperidine rings is 1. The first-order chi connectivity index (χ1) is 15.1. The maximum Gasteiger partial charge on any atom is 0.268 e. The average molecular weight is 421 g/mol. The topological polar surface area (TPSA) is 69.4 Å². The molecule has 2 aromatic heterocycles. The summed E-state index contributed by atoms with van der Waals surface area (Å²) in [6.07, 6.45) is 9.21. The second-order valence-electron chi connectivity index (χ2n) is 7.93. The smallest absolute Gasteiger partial charge is 0.268 e. The van der Waals surface area contributed by atoms with Gasteiger partial charge in [0.2, 0.25) is 0 Å². The minimum absolute atomic E-state index is 0.101. The van der Waals surface area contributed by atoms with Gasteiger partial charge in [-0.3, -0.25) is 18.8 Å². The molecule has 162 valence electrons. The van der Waals surface area contributed by atoms with Crippen LogP contribution in [0.1, 0.15) is 41.6 Å². The van der Waals surface area contributed by atoms with Gasteiger partial charge < -0.3 is 9.64 Å². The maximum absolute atomic E-state index is 13.6. The van der Waals surface area contributed by atoms with E-state index >= 15 is 0 Å². The highest BCUT2D eigenvalue weighted by atomic mass is 16.5. The zero-order valence-electron chi connectivity index (χ0n) is 18.0. The molecule has 1 aromatic carbocycles. The third-order valence-corrected chi connectivity index (χ3v) is 6.00.